The lowest BCUT2D eigenvalue weighted by Crippen LogP contribution is -2.61. The minimum absolute atomic E-state index is 0.0390. The molecule has 118 valence electrons. The minimum Gasteiger partial charge on any atom is -0.357 e. The Hall–Kier alpha value is -1.87. The van der Waals surface area contributed by atoms with Gasteiger partial charge in [0.1, 0.15) is 18.9 Å². The van der Waals surface area contributed by atoms with E-state index < -0.39 is 0 Å². The van der Waals surface area contributed by atoms with Crippen LogP contribution in [0.4, 0.5) is 5.69 Å². The molecule has 1 aliphatic carbocycles. The molecule has 1 aromatic rings. The first-order valence-electron chi connectivity index (χ1n) is 8.70. The van der Waals surface area contributed by atoms with Crippen molar-refractivity contribution in [2.24, 2.45) is 5.92 Å². The summed E-state index contributed by atoms with van der Waals surface area (Å²) in [5.74, 6) is 0.316. The number of hydrogen-bond donors (Lipinski definition) is 1. The van der Waals surface area contributed by atoms with E-state index in [0.717, 1.165) is 35.7 Å². The number of rotatable bonds is 1. The van der Waals surface area contributed by atoms with E-state index in [-0.39, 0.29) is 5.41 Å². The molecule has 23 heavy (non-hydrogen) atoms. The number of fused-ring (bicyclic) bond motifs is 2. The van der Waals surface area contributed by atoms with Gasteiger partial charge in [-0.3, -0.25) is 4.79 Å². The highest BCUT2D eigenvalue weighted by molar-refractivity contribution is 5.84. The Balaban J connectivity index is 1.85. The molecule has 0 aromatic heterocycles. The van der Waals surface area contributed by atoms with Gasteiger partial charge < -0.3 is 9.80 Å². The van der Waals surface area contributed by atoms with Gasteiger partial charge in [0, 0.05) is 35.7 Å². The van der Waals surface area contributed by atoms with Crippen LogP contribution in [-0.2, 0) is 10.2 Å². The molecule has 0 amide bonds. The molecule has 0 unspecified atom stereocenters. The highest BCUT2D eigenvalue weighted by Gasteiger charge is 2.67. The molecular weight excluding hydrogens is 284 g/mol. The van der Waals surface area contributed by atoms with Crippen molar-refractivity contribution in [3.05, 3.63) is 52.7 Å². The van der Waals surface area contributed by atoms with Gasteiger partial charge in [-0.25, -0.2) is 0 Å². The molecule has 4 atom stereocenters. The Kier molecular flexibility index (Phi) is 2.45. The summed E-state index contributed by atoms with van der Waals surface area (Å²) in [6.45, 7) is 4.42. The van der Waals surface area contributed by atoms with Gasteiger partial charge in [-0.05, 0) is 24.1 Å². The third-order valence-electron chi connectivity index (χ3n) is 7.06. The first kappa shape index (κ1) is 13.6. The fourth-order valence-corrected chi connectivity index (χ4v) is 6.07. The second kappa shape index (κ2) is 4.15. The smallest absolute Gasteiger partial charge is 0.148 e. The lowest BCUT2D eigenvalue weighted by molar-refractivity contribution is -0.923. The third-order valence-corrected chi connectivity index (χ3v) is 7.06. The quantitative estimate of drug-likeness (QED) is 0.491. The molecule has 3 aliphatic heterocycles. The van der Waals surface area contributed by atoms with Gasteiger partial charge in [-0.2, -0.15) is 0 Å². The Labute approximate surface area is 137 Å². The lowest BCUT2D eigenvalue weighted by atomic mass is 9.61. The zero-order chi connectivity index (χ0) is 15.8. The van der Waals surface area contributed by atoms with Crippen LogP contribution >= 0.6 is 0 Å². The lowest BCUT2D eigenvalue weighted by Gasteiger charge is -2.51. The van der Waals surface area contributed by atoms with Crippen molar-refractivity contribution in [2.75, 3.05) is 25.5 Å². The van der Waals surface area contributed by atoms with Gasteiger partial charge in [0.15, 0.2) is 0 Å². The average Bonchev–Trinajstić information content (AvgIpc) is 3.08. The monoisotopic (exact) mass is 307 g/mol. The van der Waals surface area contributed by atoms with Gasteiger partial charge in [0.05, 0.1) is 19.0 Å². The van der Waals surface area contributed by atoms with E-state index in [2.05, 4.69) is 49.6 Å². The molecule has 1 N–H and O–H groups in total. The maximum Gasteiger partial charge on any atom is 0.148 e. The second-order valence-electron chi connectivity index (χ2n) is 7.87. The molecule has 1 spiro atoms. The fraction of sp³-hybridized carbons (Fsp3) is 0.450. The normalized spacial score (nSPS) is 41.6. The summed E-state index contributed by atoms with van der Waals surface area (Å²) < 4.78 is 1.13. The molecule has 1 aromatic carbocycles. The molecule has 3 nitrogen and oxygen atoms in total. The largest absolute Gasteiger partial charge is 0.357 e. The first-order valence-corrected chi connectivity index (χ1v) is 8.70. The molecule has 2 saturated heterocycles. The Bertz CT molecular complexity index is 793. The maximum absolute atomic E-state index is 12.0. The predicted octanol–water partition coefficient (Wildman–Crippen LogP) is 3.00. The van der Waals surface area contributed by atoms with Gasteiger partial charge in [0.25, 0.3) is 0 Å². The Morgan fingerprint density at radius 2 is 2.17 bits per heavy atom. The number of anilines is 1. The topological polar surface area (TPSA) is 29.1 Å². The van der Waals surface area contributed by atoms with E-state index >= 15 is 0 Å². The molecule has 0 radical (unpaired) electrons. The van der Waals surface area contributed by atoms with Gasteiger partial charge in [-0.1, -0.05) is 24.3 Å². The van der Waals surface area contributed by atoms with E-state index in [9.17, 15) is 4.79 Å². The zero-order valence-corrected chi connectivity index (χ0v) is 13.8. The van der Waals surface area contributed by atoms with E-state index in [0.29, 0.717) is 12.0 Å². The standard InChI is InChI=1S/C20H22N2O/c1-3-13-11-22(2)9-8-20-16-6-4-5-7-17(16)21-19(20)15(12-23)14(13)10-18(20)22/h3-7,12,14,18H,8-11H2,1-2H3/p+1/b13-3+/t14-,18-,20+,22+/m0/s1. The minimum atomic E-state index is 0.0390. The summed E-state index contributed by atoms with van der Waals surface area (Å²) in [6, 6.07) is 9.27. The summed E-state index contributed by atoms with van der Waals surface area (Å²) in [4.78, 5) is 12.0. The number of aldehydes is 1. The summed E-state index contributed by atoms with van der Waals surface area (Å²) in [7, 11) is 2.42. The van der Waals surface area contributed by atoms with E-state index in [1.54, 1.807) is 0 Å². The van der Waals surface area contributed by atoms with E-state index in [4.69, 9.17) is 0 Å². The van der Waals surface area contributed by atoms with Gasteiger partial charge in [0.2, 0.25) is 0 Å². The number of benzene rings is 1. The van der Waals surface area contributed by atoms with Crippen molar-refractivity contribution in [1.82, 2.24) is 0 Å². The molecule has 4 aliphatic rings. The van der Waals surface area contributed by atoms with Crippen molar-refractivity contribution >= 4 is 12.0 Å². The number of allylic oxidation sites excluding steroid dienone is 2. The molecule has 5 rings (SSSR count). The van der Waals surface area contributed by atoms with Crippen LogP contribution in [0, 0.1) is 5.92 Å². The molecular formula is C20H23N2O+. The second-order valence-corrected chi connectivity index (χ2v) is 7.87. The van der Waals surface area contributed by atoms with E-state index in [1.165, 1.54) is 29.1 Å². The number of para-hydroxylation sites is 1. The zero-order valence-electron chi connectivity index (χ0n) is 13.8. The van der Waals surface area contributed by atoms with Crippen LogP contribution in [0.1, 0.15) is 25.3 Å². The van der Waals surface area contributed by atoms with Crippen molar-refractivity contribution in [2.45, 2.75) is 31.2 Å². The number of nitrogens with one attached hydrogen (secondary N) is 1. The number of piperidine rings is 1. The van der Waals surface area contributed by atoms with Crippen LogP contribution < -0.4 is 5.32 Å². The van der Waals surface area contributed by atoms with Crippen molar-refractivity contribution in [3.8, 4) is 0 Å². The molecule has 3 heterocycles. The summed E-state index contributed by atoms with van der Waals surface area (Å²) in [5, 5.41) is 3.66. The highest BCUT2D eigenvalue weighted by atomic mass is 16.1. The Morgan fingerprint density at radius 3 is 2.96 bits per heavy atom. The first-order chi connectivity index (χ1) is 11.1. The van der Waals surface area contributed by atoms with Crippen molar-refractivity contribution < 1.29 is 9.28 Å². The highest BCUT2D eigenvalue weighted by Crippen LogP contribution is 2.62. The van der Waals surface area contributed by atoms with Crippen LogP contribution in [-0.4, -0.2) is 36.9 Å². The Morgan fingerprint density at radius 1 is 1.35 bits per heavy atom. The number of hydrogen-bond acceptors (Lipinski definition) is 2. The molecule has 2 fully saturated rings. The summed E-state index contributed by atoms with van der Waals surface area (Å²) in [5.41, 5.74) is 6.35. The van der Waals surface area contributed by atoms with Crippen molar-refractivity contribution in [1.29, 1.82) is 0 Å². The van der Waals surface area contributed by atoms with Gasteiger partial charge in [-0.15, -0.1) is 0 Å². The molecule has 2 bridgehead atoms. The maximum atomic E-state index is 12.0. The van der Waals surface area contributed by atoms with E-state index in [1.807, 2.05) is 0 Å². The summed E-state index contributed by atoms with van der Waals surface area (Å²) >= 11 is 0. The molecule has 0 saturated carbocycles. The number of carbonyl (C=O) groups is 1. The number of nitrogens with zero attached hydrogens (tertiary/aromatic N) is 1. The van der Waals surface area contributed by atoms with Crippen LogP contribution in [0.3, 0.4) is 0 Å². The number of quaternary nitrogens is 1. The summed E-state index contributed by atoms with van der Waals surface area (Å²) in [6.07, 6.45) is 5.65. The number of likely N-dealkylation sites (N-methyl/N-ethyl adjacent to an activating group) is 1. The van der Waals surface area contributed by atoms with Crippen molar-refractivity contribution in [3.63, 3.8) is 0 Å². The number of carbonyl (C=O) groups excluding carboxylic acids is 1. The average molecular weight is 307 g/mol. The van der Waals surface area contributed by atoms with Gasteiger partial charge >= 0.3 is 0 Å². The van der Waals surface area contributed by atoms with Crippen LogP contribution in [0.25, 0.3) is 0 Å². The predicted molar refractivity (Wildman–Crippen MR) is 91.0 cm³/mol. The van der Waals surface area contributed by atoms with Crippen LogP contribution in [0.5, 0.6) is 0 Å². The van der Waals surface area contributed by atoms with Crippen LogP contribution in [0.15, 0.2) is 47.2 Å². The van der Waals surface area contributed by atoms with Crippen LogP contribution in [0.2, 0.25) is 0 Å². The fourth-order valence-electron chi connectivity index (χ4n) is 6.07. The molecule has 3 heteroatoms. The third kappa shape index (κ3) is 1.38. The SMILES string of the molecule is C/C=C1\C[N@@+]2(C)CC[C@]34C(=C(C=O)[C@H]1C[C@@H]32)Nc1ccccc14.